The number of aliphatic hydroxyl groups excluding tert-OH is 2. The minimum absolute atomic E-state index is 0.00489. The fourth-order valence-corrected chi connectivity index (χ4v) is 12.2. The van der Waals surface area contributed by atoms with Crippen LogP contribution in [0.4, 0.5) is 0 Å². The Bertz CT molecular complexity index is 1260. The Labute approximate surface area is 317 Å². The van der Waals surface area contributed by atoms with E-state index in [9.17, 15) is 19.8 Å². The number of hydrogen-bond acceptors (Lipinski definition) is 5. The maximum atomic E-state index is 12.9. The van der Waals surface area contributed by atoms with Crippen molar-refractivity contribution >= 4 is 11.8 Å². The number of fused-ring (bicyclic) bond motifs is 5. The first-order chi connectivity index (χ1) is 24.9. The SMILES string of the molecule is CCCCC[C@H](O)/C=C/[C@H]1[C@H](O)CC(=O)[C@@H]1C/C=C\CCCC(=O)O[C@H]1CC[C@@]2(C)C(=CC[C@H]3[C@@H]4CC[C@H]([C@H](C)CCCC(C)C)[C@@]4(C)CC[C@@H]32)C1. The molecule has 52 heavy (non-hydrogen) atoms. The highest BCUT2D eigenvalue weighted by molar-refractivity contribution is 5.84. The van der Waals surface area contributed by atoms with Crippen LogP contribution < -0.4 is 0 Å². The standard InChI is InChI=1S/C47H76O5/c1-7-8-11-17-35(48)21-23-38-37(43(49)31-44(38)50)18-12-9-10-13-19-45(51)52-36-26-28-46(5)34(30-36)20-22-39-41-25-24-40(33(4)16-14-15-32(2)3)47(41,6)29-27-42(39)46/h9,12,20-21,23,32-33,35-42,44,48,50H,7-8,10-11,13-19,22,24-31H2,1-6H3/b12-9-,23-21+/t33-,35+,36+,37-,38-,39+,40-,41+,42+,44-,46+,47-/m1/s1. The maximum Gasteiger partial charge on any atom is 0.306 e. The Hall–Kier alpha value is -1.72. The van der Waals surface area contributed by atoms with Gasteiger partial charge in [0.1, 0.15) is 11.9 Å². The van der Waals surface area contributed by atoms with Crippen LogP contribution in [0.3, 0.4) is 0 Å². The Morgan fingerprint density at radius 2 is 1.77 bits per heavy atom. The molecule has 5 nitrogen and oxygen atoms in total. The summed E-state index contributed by atoms with van der Waals surface area (Å²) in [5, 5.41) is 20.8. The zero-order valence-electron chi connectivity index (χ0n) is 34.0. The Morgan fingerprint density at radius 3 is 2.54 bits per heavy atom. The minimum atomic E-state index is -0.681. The summed E-state index contributed by atoms with van der Waals surface area (Å²) in [6.45, 7) is 14.7. The third-order valence-electron chi connectivity index (χ3n) is 15.3. The highest BCUT2D eigenvalue weighted by Crippen LogP contribution is 2.67. The summed E-state index contributed by atoms with van der Waals surface area (Å²) >= 11 is 0. The molecule has 5 heteroatoms. The van der Waals surface area contributed by atoms with Crippen molar-refractivity contribution in [2.24, 2.45) is 58.2 Å². The number of Topliss-reactive ketones (excluding diaryl/α,β-unsaturated/α-hetero) is 1. The topological polar surface area (TPSA) is 83.8 Å². The van der Waals surface area contributed by atoms with Gasteiger partial charge in [-0.1, -0.05) is 116 Å². The molecule has 0 heterocycles. The monoisotopic (exact) mass is 721 g/mol. The van der Waals surface area contributed by atoms with Crippen LogP contribution in [0.25, 0.3) is 0 Å². The molecule has 0 saturated heterocycles. The van der Waals surface area contributed by atoms with Gasteiger partial charge in [-0.15, -0.1) is 0 Å². The van der Waals surface area contributed by atoms with Crippen molar-refractivity contribution in [2.45, 2.75) is 188 Å². The average molecular weight is 721 g/mol. The summed E-state index contributed by atoms with van der Waals surface area (Å²) in [6, 6.07) is 0. The van der Waals surface area contributed by atoms with Crippen LogP contribution in [-0.4, -0.2) is 40.3 Å². The summed E-state index contributed by atoms with van der Waals surface area (Å²) in [6.07, 6.45) is 29.7. The van der Waals surface area contributed by atoms with Crippen LogP contribution in [0.5, 0.6) is 0 Å². The molecule has 0 aromatic heterocycles. The summed E-state index contributed by atoms with van der Waals surface area (Å²) in [7, 11) is 0. The van der Waals surface area contributed by atoms with Crippen LogP contribution in [0.1, 0.15) is 170 Å². The molecule has 5 aliphatic rings. The van der Waals surface area contributed by atoms with Gasteiger partial charge >= 0.3 is 5.97 Å². The third kappa shape index (κ3) is 9.74. The molecule has 0 amide bonds. The van der Waals surface area contributed by atoms with E-state index in [4.69, 9.17) is 4.74 Å². The fraction of sp³-hybridized carbons (Fsp3) is 0.830. The van der Waals surface area contributed by atoms with E-state index in [0.29, 0.717) is 24.7 Å². The number of allylic oxidation sites excluding steroid dienone is 3. The quantitative estimate of drug-likeness (QED) is 0.0837. The third-order valence-corrected chi connectivity index (χ3v) is 15.3. The molecule has 5 aliphatic carbocycles. The van der Waals surface area contributed by atoms with E-state index in [0.717, 1.165) is 86.9 Å². The van der Waals surface area contributed by atoms with Crippen LogP contribution >= 0.6 is 0 Å². The van der Waals surface area contributed by atoms with Crippen molar-refractivity contribution < 1.29 is 24.5 Å². The van der Waals surface area contributed by atoms with Crippen molar-refractivity contribution in [2.75, 3.05) is 0 Å². The van der Waals surface area contributed by atoms with E-state index in [1.807, 2.05) is 12.2 Å². The van der Waals surface area contributed by atoms with Gasteiger partial charge in [0.15, 0.2) is 0 Å². The Kier molecular flexibility index (Phi) is 14.9. The molecule has 0 aliphatic heterocycles. The largest absolute Gasteiger partial charge is 0.462 e. The summed E-state index contributed by atoms with van der Waals surface area (Å²) in [4.78, 5) is 25.5. The molecule has 0 radical (unpaired) electrons. The van der Waals surface area contributed by atoms with Gasteiger partial charge in [0.25, 0.3) is 0 Å². The first-order valence-electron chi connectivity index (χ1n) is 22.0. The first-order valence-corrected chi connectivity index (χ1v) is 22.0. The molecule has 0 unspecified atom stereocenters. The lowest BCUT2D eigenvalue weighted by molar-refractivity contribution is -0.151. The predicted octanol–water partition coefficient (Wildman–Crippen LogP) is 11.1. The molecule has 12 atom stereocenters. The number of aliphatic hydroxyl groups is 2. The minimum Gasteiger partial charge on any atom is -0.462 e. The van der Waals surface area contributed by atoms with Gasteiger partial charge < -0.3 is 14.9 Å². The maximum absolute atomic E-state index is 12.9. The lowest BCUT2D eigenvalue weighted by atomic mass is 9.47. The number of carbonyl (C=O) groups is 2. The lowest BCUT2D eigenvalue weighted by Crippen LogP contribution is -2.51. The van der Waals surface area contributed by atoms with E-state index < -0.39 is 12.2 Å². The van der Waals surface area contributed by atoms with Gasteiger partial charge in [0, 0.05) is 31.1 Å². The van der Waals surface area contributed by atoms with Crippen molar-refractivity contribution in [3.8, 4) is 0 Å². The molecule has 5 rings (SSSR count). The van der Waals surface area contributed by atoms with Gasteiger partial charge in [0.05, 0.1) is 12.2 Å². The lowest BCUT2D eigenvalue weighted by Gasteiger charge is -2.58. The molecule has 4 fully saturated rings. The number of ether oxygens (including phenoxy) is 1. The van der Waals surface area contributed by atoms with E-state index in [1.165, 1.54) is 51.4 Å². The number of esters is 1. The normalized spacial score (nSPS) is 37.2. The number of ketones is 1. The highest BCUT2D eigenvalue weighted by Gasteiger charge is 2.59. The molecule has 0 aromatic rings. The van der Waals surface area contributed by atoms with E-state index >= 15 is 0 Å². The highest BCUT2D eigenvalue weighted by atomic mass is 16.5. The van der Waals surface area contributed by atoms with Crippen molar-refractivity contribution in [1.82, 2.24) is 0 Å². The van der Waals surface area contributed by atoms with Gasteiger partial charge in [0.2, 0.25) is 0 Å². The van der Waals surface area contributed by atoms with Gasteiger partial charge in [-0.05, 0) is 117 Å². The van der Waals surface area contributed by atoms with Gasteiger partial charge in [-0.2, -0.15) is 0 Å². The van der Waals surface area contributed by atoms with E-state index in [1.54, 1.807) is 11.6 Å². The summed E-state index contributed by atoms with van der Waals surface area (Å²) in [5.74, 6) is 4.52. The molecular formula is C47H76O5. The smallest absolute Gasteiger partial charge is 0.306 e. The second-order valence-electron chi connectivity index (χ2n) is 19.1. The Balaban J connectivity index is 1.04. The molecule has 4 saturated carbocycles. The number of carbonyl (C=O) groups excluding carboxylic acids is 2. The van der Waals surface area contributed by atoms with Gasteiger partial charge in [-0.25, -0.2) is 0 Å². The van der Waals surface area contributed by atoms with Crippen molar-refractivity contribution in [3.05, 3.63) is 36.0 Å². The van der Waals surface area contributed by atoms with Crippen LogP contribution in [-0.2, 0) is 14.3 Å². The van der Waals surface area contributed by atoms with Crippen LogP contribution in [0, 0.1) is 58.2 Å². The predicted molar refractivity (Wildman–Crippen MR) is 212 cm³/mol. The second kappa shape index (κ2) is 18.7. The molecule has 0 bridgehead atoms. The van der Waals surface area contributed by atoms with Crippen LogP contribution in [0.15, 0.2) is 36.0 Å². The molecule has 294 valence electrons. The van der Waals surface area contributed by atoms with E-state index in [-0.39, 0.29) is 41.5 Å². The number of rotatable bonds is 18. The van der Waals surface area contributed by atoms with Crippen LogP contribution in [0.2, 0.25) is 0 Å². The first kappa shape index (κ1) is 41.4. The molecule has 0 aromatic carbocycles. The zero-order chi connectivity index (χ0) is 37.5. The van der Waals surface area contributed by atoms with E-state index in [2.05, 4.69) is 53.7 Å². The van der Waals surface area contributed by atoms with Crippen molar-refractivity contribution in [1.29, 1.82) is 0 Å². The number of hydrogen-bond donors (Lipinski definition) is 2. The van der Waals surface area contributed by atoms with Crippen molar-refractivity contribution in [3.63, 3.8) is 0 Å². The van der Waals surface area contributed by atoms with Gasteiger partial charge in [-0.3, -0.25) is 9.59 Å². The fourth-order valence-electron chi connectivity index (χ4n) is 12.2. The summed E-state index contributed by atoms with van der Waals surface area (Å²) in [5.41, 5.74) is 2.35. The second-order valence-corrected chi connectivity index (χ2v) is 19.1. The molecule has 0 spiro atoms. The summed E-state index contributed by atoms with van der Waals surface area (Å²) < 4.78 is 6.09. The zero-order valence-corrected chi connectivity index (χ0v) is 34.0. The Morgan fingerprint density at radius 1 is 0.962 bits per heavy atom. The molecular weight excluding hydrogens is 645 g/mol. The average Bonchev–Trinajstić information content (AvgIpc) is 3.59. The molecule has 2 N–H and O–H groups in total. The number of unbranched alkanes of at least 4 members (excludes halogenated alkanes) is 3.